The lowest BCUT2D eigenvalue weighted by atomic mass is 9.98. The zero-order valence-electron chi connectivity index (χ0n) is 13.5. The molecule has 2 saturated heterocycles. The summed E-state index contributed by atoms with van der Waals surface area (Å²) in [6.45, 7) is 3.75. The number of likely N-dealkylation sites (tertiary alicyclic amines) is 1. The molecule has 1 amide bonds. The third-order valence-electron chi connectivity index (χ3n) is 4.68. The normalized spacial score (nSPS) is 22.2. The van der Waals surface area contributed by atoms with Gasteiger partial charge in [0.25, 0.3) is 5.91 Å². The molecule has 126 valence electrons. The van der Waals surface area contributed by atoms with E-state index in [2.05, 4.69) is 9.88 Å². The molecule has 0 radical (unpaired) electrons. The second-order valence-corrected chi connectivity index (χ2v) is 6.13. The van der Waals surface area contributed by atoms with E-state index in [4.69, 9.17) is 4.74 Å². The lowest BCUT2D eigenvalue weighted by Gasteiger charge is -2.37. The van der Waals surface area contributed by atoms with E-state index in [1.165, 1.54) is 0 Å². The Hall–Kier alpha value is -1.66. The SMILES string of the molecule is O=C(c1cccnc1N1CCOCC1)N1CCCCC1CCO. The first-order chi connectivity index (χ1) is 11.3. The molecular formula is C17H25N3O3. The number of hydrogen-bond acceptors (Lipinski definition) is 5. The molecule has 3 rings (SSSR count). The number of nitrogens with zero attached hydrogens (tertiary/aromatic N) is 3. The third kappa shape index (κ3) is 3.64. The van der Waals surface area contributed by atoms with Gasteiger partial charge in [-0.25, -0.2) is 4.98 Å². The van der Waals surface area contributed by atoms with Gasteiger partial charge in [-0.05, 0) is 37.8 Å². The largest absolute Gasteiger partial charge is 0.396 e. The average molecular weight is 319 g/mol. The minimum atomic E-state index is 0.0396. The van der Waals surface area contributed by atoms with E-state index in [1.807, 2.05) is 17.0 Å². The highest BCUT2D eigenvalue weighted by Crippen LogP contribution is 2.25. The zero-order valence-corrected chi connectivity index (χ0v) is 13.5. The number of amides is 1. The first-order valence-electron chi connectivity index (χ1n) is 8.51. The molecule has 2 fully saturated rings. The van der Waals surface area contributed by atoms with Gasteiger partial charge in [-0.15, -0.1) is 0 Å². The second-order valence-electron chi connectivity index (χ2n) is 6.13. The number of rotatable bonds is 4. The van der Waals surface area contributed by atoms with Crippen LogP contribution in [0.25, 0.3) is 0 Å². The molecule has 3 heterocycles. The van der Waals surface area contributed by atoms with Crippen molar-refractivity contribution in [3.8, 4) is 0 Å². The monoisotopic (exact) mass is 319 g/mol. The van der Waals surface area contributed by atoms with Gasteiger partial charge in [-0.2, -0.15) is 0 Å². The molecule has 1 N–H and O–H groups in total. The summed E-state index contributed by atoms with van der Waals surface area (Å²) in [5.74, 6) is 0.798. The predicted molar refractivity (Wildman–Crippen MR) is 87.6 cm³/mol. The number of aromatic nitrogens is 1. The van der Waals surface area contributed by atoms with Gasteiger partial charge < -0.3 is 19.6 Å². The van der Waals surface area contributed by atoms with Gasteiger partial charge in [-0.3, -0.25) is 4.79 Å². The predicted octanol–water partition coefficient (Wildman–Crippen LogP) is 1.30. The summed E-state index contributed by atoms with van der Waals surface area (Å²) in [7, 11) is 0. The highest BCUT2D eigenvalue weighted by Gasteiger charge is 2.30. The Morgan fingerprint density at radius 1 is 1.30 bits per heavy atom. The van der Waals surface area contributed by atoms with Crippen LogP contribution in [0.4, 0.5) is 5.82 Å². The molecule has 0 saturated carbocycles. The molecule has 0 spiro atoms. The molecule has 0 aromatic carbocycles. The Morgan fingerprint density at radius 2 is 2.13 bits per heavy atom. The van der Waals surface area contributed by atoms with Crippen LogP contribution in [0.2, 0.25) is 0 Å². The van der Waals surface area contributed by atoms with E-state index in [9.17, 15) is 9.90 Å². The fraction of sp³-hybridized carbons (Fsp3) is 0.647. The molecule has 23 heavy (non-hydrogen) atoms. The number of carbonyl (C=O) groups is 1. The second kappa shape index (κ2) is 7.75. The number of anilines is 1. The Labute approximate surface area is 137 Å². The minimum absolute atomic E-state index is 0.0396. The van der Waals surface area contributed by atoms with E-state index in [0.29, 0.717) is 25.2 Å². The van der Waals surface area contributed by atoms with Gasteiger partial charge in [0.2, 0.25) is 0 Å². The van der Waals surface area contributed by atoms with Crippen molar-refractivity contribution in [3.05, 3.63) is 23.9 Å². The van der Waals surface area contributed by atoms with Crippen LogP contribution in [0.3, 0.4) is 0 Å². The molecule has 1 aromatic rings. The highest BCUT2D eigenvalue weighted by molar-refractivity contribution is 5.99. The topological polar surface area (TPSA) is 65.9 Å². The molecule has 2 aliphatic rings. The van der Waals surface area contributed by atoms with Crippen molar-refractivity contribution in [2.45, 2.75) is 31.7 Å². The molecule has 1 atom stereocenters. The summed E-state index contributed by atoms with van der Waals surface area (Å²) in [4.78, 5) is 21.6. The first kappa shape index (κ1) is 16.2. The van der Waals surface area contributed by atoms with Crippen LogP contribution in [0, 0.1) is 0 Å². The smallest absolute Gasteiger partial charge is 0.257 e. The van der Waals surface area contributed by atoms with Crippen molar-refractivity contribution >= 4 is 11.7 Å². The standard InChI is InChI=1S/C17H25N3O3/c21-11-6-14-4-1-2-8-20(14)17(22)15-5-3-7-18-16(15)19-9-12-23-13-10-19/h3,5,7,14,21H,1-2,4,6,8-13H2. The zero-order chi connectivity index (χ0) is 16.1. The van der Waals surface area contributed by atoms with Gasteiger partial charge in [-0.1, -0.05) is 0 Å². The van der Waals surface area contributed by atoms with E-state index < -0.39 is 0 Å². The number of ether oxygens (including phenoxy) is 1. The molecule has 1 unspecified atom stereocenters. The van der Waals surface area contributed by atoms with Crippen molar-refractivity contribution in [2.24, 2.45) is 0 Å². The number of aliphatic hydroxyl groups is 1. The number of hydrogen-bond donors (Lipinski definition) is 1. The molecular weight excluding hydrogens is 294 g/mol. The first-order valence-corrected chi connectivity index (χ1v) is 8.51. The summed E-state index contributed by atoms with van der Waals surface area (Å²) >= 11 is 0. The molecule has 1 aromatic heterocycles. The lowest BCUT2D eigenvalue weighted by Crippen LogP contribution is -2.45. The summed E-state index contributed by atoms with van der Waals surface area (Å²) in [6, 6.07) is 3.83. The Bertz CT molecular complexity index is 530. The molecule has 6 heteroatoms. The van der Waals surface area contributed by atoms with E-state index in [1.54, 1.807) is 6.20 Å². The number of carbonyl (C=O) groups excluding carboxylic acids is 1. The maximum atomic E-state index is 13.1. The van der Waals surface area contributed by atoms with Crippen LogP contribution in [-0.2, 0) is 4.74 Å². The van der Waals surface area contributed by atoms with Crippen LogP contribution in [0.5, 0.6) is 0 Å². The quantitative estimate of drug-likeness (QED) is 0.906. The fourth-order valence-electron chi connectivity index (χ4n) is 3.46. The van der Waals surface area contributed by atoms with Crippen LogP contribution < -0.4 is 4.90 Å². The molecule has 0 aliphatic carbocycles. The van der Waals surface area contributed by atoms with Crippen molar-refractivity contribution < 1.29 is 14.6 Å². The van der Waals surface area contributed by atoms with E-state index >= 15 is 0 Å². The van der Waals surface area contributed by atoms with Crippen LogP contribution >= 0.6 is 0 Å². The summed E-state index contributed by atoms with van der Waals surface area (Å²) in [5, 5.41) is 9.27. The highest BCUT2D eigenvalue weighted by atomic mass is 16.5. The fourth-order valence-corrected chi connectivity index (χ4v) is 3.46. The lowest BCUT2D eigenvalue weighted by molar-refractivity contribution is 0.0574. The number of morpholine rings is 1. The van der Waals surface area contributed by atoms with Crippen LogP contribution in [0.1, 0.15) is 36.0 Å². The Kier molecular flexibility index (Phi) is 5.46. The molecule has 6 nitrogen and oxygen atoms in total. The van der Waals surface area contributed by atoms with Crippen molar-refractivity contribution in [1.29, 1.82) is 0 Å². The van der Waals surface area contributed by atoms with E-state index in [-0.39, 0.29) is 18.6 Å². The number of aliphatic hydroxyl groups excluding tert-OH is 1. The summed E-state index contributed by atoms with van der Waals surface area (Å²) < 4.78 is 5.39. The molecule has 2 aliphatic heterocycles. The average Bonchev–Trinajstić information content (AvgIpc) is 2.63. The maximum Gasteiger partial charge on any atom is 0.257 e. The third-order valence-corrected chi connectivity index (χ3v) is 4.68. The van der Waals surface area contributed by atoms with Gasteiger partial charge in [0.15, 0.2) is 0 Å². The Morgan fingerprint density at radius 3 is 2.91 bits per heavy atom. The van der Waals surface area contributed by atoms with Gasteiger partial charge in [0, 0.05) is 38.5 Å². The van der Waals surface area contributed by atoms with Gasteiger partial charge in [0.05, 0.1) is 18.8 Å². The minimum Gasteiger partial charge on any atom is -0.396 e. The van der Waals surface area contributed by atoms with Gasteiger partial charge >= 0.3 is 0 Å². The number of piperidine rings is 1. The van der Waals surface area contributed by atoms with Crippen LogP contribution in [0.15, 0.2) is 18.3 Å². The van der Waals surface area contributed by atoms with Gasteiger partial charge in [0.1, 0.15) is 5.82 Å². The van der Waals surface area contributed by atoms with Crippen molar-refractivity contribution in [3.63, 3.8) is 0 Å². The Balaban J connectivity index is 1.83. The summed E-state index contributed by atoms with van der Waals surface area (Å²) in [6.07, 6.45) is 5.51. The number of pyridine rings is 1. The van der Waals surface area contributed by atoms with Crippen molar-refractivity contribution in [2.75, 3.05) is 44.4 Å². The van der Waals surface area contributed by atoms with Crippen molar-refractivity contribution in [1.82, 2.24) is 9.88 Å². The summed E-state index contributed by atoms with van der Waals surface area (Å²) in [5.41, 5.74) is 0.666. The van der Waals surface area contributed by atoms with E-state index in [0.717, 1.165) is 44.7 Å². The van der Waals surface area contributed by atoms with Crippen LogP contribution in [-0.4, -0.2) is 66.4 Å². The maximum absolute atomic E-state index is 13.1. The molecule has 0 bridgehead atoms.